The summed E-state index contributed by atoms with van der Waals surface area (Å²) >= 11 is 0. The molecule has 1 saturated heterocycles. The lowest BCUT2D eigenvalue weighted by atomic mass is 9.99. The van der Waals surface area contributed by atoms with Gasteiger partial charge in [-0.15, -0.1) is 0 Å². The first-order valence-electron chi connectivity index (χ1n) is 10.6. The van der Waals surface area contributed by atoms with Crippen molar-refractivity contribution >= 4 is 34.1 Å². The lowest BCUT2D eigenvalue weighted by Gasteiger charge is -2.41. The zero-order valence-electron chi connectivity index (χ0n) is 18.4. The van der Waals surface area contributed by atoms with Gasteiger partial charge in [0.15, 0.2) is 6.29 Å². The number of nitrogens with zero attached hydrogens (tertiary/aromatic N) is 2. The third-order valence-electron chi connectivity index (χ3n) is 5.65. The van der Waals surface area contributed by atoms with Gasteiger partial charge in [0.2, 0.25) is 0 Å². The van der Waals surface area contributed by atoms with Crippen LogP contribution in [0.2, 0.25) is 0 Å². The number of ether oxygens (including phenoxy) is 2. The van der Waals surface area contributed by atoms with E-state index in [-0.39, 0.29) is 5.56 Å². The molecule has 1 aromatic heterocycles. The van der Waals surface area contributed by atoms with Gasteiger partial charge in [-0.1, -0.05) is 30.4 Å². The minimum Gasteiger partial charge on any atom is -0.478 e. The van der Waals surface area contributed by atoms with E-state index in [0.29, 0.717) is 27.6 Å². The number of benzene rings is 2. The van der Waals surface area contributed by atoms with E-state index < -0.39 is 42.3 Å². The zero-order chi connectivity index (χ0) is 23.9. The van der Waals surface area contributed by atoms with Crippen molar-refractivity contribution in [2.24, 2.45) is 0 Å². The van der Waals surface area contributed by atoms with Gasteiger partial charge >= 0.3 is 5.97 Å². The molecule has 9 heteroatoms. The van der Waals surface area contributed by atoms with Crippen LogP contribution in [0.4, 0.5) is 0 Å². The Hall–Kier alpha value is -2.95. The fourth-order valence-electron chi connectivity index (χ4n) is 3.79. The van der Waals surface area contributed by atoms with Gasteiger partial charge in [-0.2, -0.15) is 0 Å². The Kier molecular flexibility index (Phi) is 6.17. The van der Waals surface area contributed by atoms with Crippen LogP contribution in [0.3, 0.4) is 0 Å². The monoisotopic (exact) mass is 454 g/mol. The average molecular weight is 454 g/mol. The molecule has 5 atom stereocenters. The summed E-state index contributed by atoms with van der Waals surface area (Å²) in [5.41, 5.74) is 1.79. The molecule has 1 fully saturated rings. The molecular weight excluding hydrogens is 428 g/mol. The van der Waals surface area contributed by atoms with E-state index in [1.54, 1.807) is 51.1 Å². The summed E-state index contributed by atoms with van der Waals surface area (Å²) in [4.78, 5) is 20.8. The van der Waals surface area contributed by atoms with Gasteiger partial charge in [0, 0.05) is 5.56 Å². The predicted molar refractivity (Wildman–Crippen MR) is 121 cm³/mol. The van der Waals surface area contributed by atoms with E-state index in [0.717, 1.165) is 0 Å². The van der Waals surface area contributed by atoms with E-state index in [1.165, 1.54) is 6.07 Å². The molecule has 0 amide bonds. The highest BCUT2D eigenvalue weighted by molar-refractivity contribution is 6.03. The van der Waals surface area contributed by atoms with E-state index in [2.05, 4.69) is 9.97 Å². The van der Waals surface area contributed by atoms with Crippen molar-refractivity contribution < 1.29 is 34.7 Å². The second-order valence-corrected chi connectivity index (χ2v) is 8.65. The molecule has 4 rings (SSSR count). The summed E-state index contributed by atoms with van der Waals surface area (Å²) in [5.74, 6) is -1.08. The summed E-state index contributed by atoms with van der Waals surface area (Å²) in [7, 11) is 0. The first-order chi connectivity index (χ1) is 15.6. The number of carboxylic acids is 1. The molecule has 33 heavy (non-hydrogen) atoms. The Balaban J connectivity index is 1.65. The molecule has 4 N–H and O–H groups in total. The smallest absolute Gasteiger partial charge is 0.337 e. The molecular formula is C24H26N2O7. The highest BCUT2D eigenvalue weighted by Crippen LogP contribution is 2.28. The van der Waals surface area contributed by atoms with Crippen molar-refractivity contribution in [1.29, 1.82) is 0 Å². The average Bonchev–Trinajstić information content (AvgIpc) is 2.77. The van der Waals surface area contributed by atoms with Crippen LogP contribution in [0.15, 0.2) is 42.5 Å². The van der Waals surface area contributed by atoms with Crippen LogP contribution in [-0.2, 0) is 9.47 Å². The van der Waals surface area contributed by atoms with Gasteiger partial charge in [-0.3, -0.25) is 0 Å². The second-order valence-electron chi connectivity index (χ2n) is 8.65. The highest BCUT2D eigenvalue weighted by Gasteiger charge is 2.44. The van der Waals surface area contributed by atoms with Crippen LogP contribution in [-0.4, -0.2) is 72.7 Å². The maximum absolute atomic E-state index is 11.6. The SMILES string of the molecule is C[C@@H]1O[C@H](OC(C)(C)/C=C/c2cccc3nc4cccc(C(=O)O)c4nc23)[C@H](O)[C@H](O)[C@H]1O. The third-order valence-corrected chi connectivity index (χ3v) is 5.65. The molecule has 2 aromatic carbocycles. The van der Waals surface area contributed by atoms with Crippen LogP contribution in [0.5, 0.6) is 0 Å². The van der Waals surface area contributed by atoms with Gasteiger partial charge < -0.3 is 29.9 Å². The van der Waals surface area contributed by atoms with E-state index in [1.807, 2.05) is 12.1 Å². The van der Waals surface area contributed by atoms with E-state index in [4.69, 9.17) is 9.47 Å². The van der Waals surface area contributed by atoms with Gasteiger partial charge in [0.25, 0.3) is 0 Å². The molecule has 0 aliphatic carbocycles. The Morgan fingerprint density at radius 1 is 1.00 bits per heavy atom. The number of aliphatic hydroxyl groups is 3. The Labute approximate surface area is 189 Å². The number of aliphatic hydroxyl groups excluding tert-OH is 3. The van der Waals surface area contributed by atoms with Gasteiger partial charge in [0.05, 0.1) is 33.8 Å². The number of carboxylic acid groups (broad SMARTS) is 1. The fourth-order valence-corrected chi connectivity index (χ4v) is 3.79. The van der Waals surface area contributed by atoms with Crippen molar-refractivity contribution in [2.75, 3.05) is 0 Å². The lowest BCUT2D eigenvalue weighted by Crippen LogP contribution is -2.58. The number of aromatic carboxylic acids is 1. The molecule has 1 aliphatic rings. The molecule has 9 nitrogen and oxygen atoms in total. The highest BCUT2D eigenvalue weighted by atomic mass is 16.7. The van der Waals surface area contributed by atoms with Crippen molar-refractivity contribution in [3.63, 3.8) is 0 Å². The van der Waals surface area contributed by atoms with Gasteiger partial charge in [-0.05, 0) is 39.0 Å². The largest absolute Gasteiger partial charge is 0.478 e. The molecule has 2 heterocycles. The van der Waals surface area contributed by atoms with Crippen molar-refractivity contribution in [3.8, 4) is 0 Å². The maximum atomic E-state index is 11.6. The number of carbonyl (C=O) groups is 1. The minimum atomic E-state index is -1.41. The first kappa shape index (κ1) is 23.2. The second kappa shape index (κ2) is 8.77. The van der Waals surface area contributed by atoms with Crippen molar-refractivity contribution in [2.45, 2.75) is 57.1 Å². The molecule has 3 aromatic rings. The molecule has 174 valence electrons. The van der Waals surface area contributed by atoms with Crippen LogP contribution < -0.4 is 0 Å². The zero-order valence-corrected chi connectivity index (χ0v) is 18.4. The van der Waals surface area contributed by atoms with Crippen LogP contribution in [0, 0.1) is 0 Å². The van der Waals surface area contributed by atoms with Crippen molar-refractivity contribution in [1.82, 2.24) is 9.97 Å². The Morgan fingerprint density at radius 3 is 2.36 bits per heavy atom. The maximum Gasteiger partial charge on any atom is 0.337 e. The summed E-state index contributed by atoms with van der Waals surface area (Å²) < 4.78 is 11.4. The molecule has 0 bridgehead atoms. The number of rotatable bonds is 5. The Morgan fingerprint density at radius 2 is 1.67 bits per heavy atom. The first-order valence-corrected chi connectivity index (χ1v) is 10.6. The molecule has 1 aliphatic heterocycles. The van der Waals surface area contributed by atoms with Gasteiger partial charge in [0.1, 0.15) is 23.8 Å². The summed E-state index contributed by atoms with van der Waals surface area (Å²) in [5, 5.41) is 39.6. The summed E-state index contributed by atoms with van der Waals surface area (Å²) in [6.45, 7) is 5.11. The lowest BCUT2D eigenvalue weighted by molar-refractivity contribution is -0.310. The van der Waals surface area contributed by atoms with Crippen molar-refractivity contribution in [3.05, 3.63) is 53.6 Å². The predicted octanol–water partition coefficient (Wildman–Crippen LogP) is 2.12. The standard InChI is InChI=1S/C24H26N2O7/c1-12-19(27)20(28)21(29)23(32-12)33-24(2,3)11-10-13-6-4-8-15-17(13)26-18-14(22(30)31)7-5-9-16(18)25-15/h4-12,19-21,23,27-29H,1-3H3,(H,30,31)/b11-10+/t12-,19-,20+,21+,23+/m0/s1. The minimum absolute atomic E-state index is 0.0719. The Bertz CT molecular complexity index is 1230. The fraction of sp³-hybridized carbons (Fsp3) is 0.375. The number of hydrogen-bond acceptors (Lipinski definition) is 8. The normalized spacial score (nSPS) is 26.3. The van der Waals surface area contributed by atoms with Crippen LogP contribution >= 0.6 is 0 Å². The van der Waals surface area contributed by atoms with E-state index in [9.17, 15) is 25.2 Å². The third kappa shape index (κ3) is 4.59. The number of hydrogen-bond donors (Lipinski definition) is 4. The topological polar surface area (TPSA) is 142 Å². The summed E-state index contributed by atoms with van der Waals surface area (Å²) in [6.07, 6.45) is -2.33. The summed E-state index contributed by atoms with van der Waals surface area (Å²) in [6, 6.07) is 10.3. The molecule has 0 saturated carbocycles. The number of para-hydroxylation sites is 2. The molecule has 0 unspecified atom stereocenters. The molecule has 0 spiro atoms. The van der Waals surface area contributed by atoms with Crippen LogP contribution in [0.1, 0.15) is 36.7 Å². The quantitative estimate of drug-likeness (QED) is 0.426. The number of fused-ring (bicyclic) bond motifs is 2. The number of aromatic nitrogens is 2. The van der Waals surface area contributed by atoms with E-state index >= 15 is 0 Å². The van der Waals surface area contributed by atoms with Crippen LogP contribution in [0.25, 0.3) is 28.1 Å². The van der Waals surface area contributed by atoms with Gasteiger partial charge in [-0.25, -0.2) is 14.8 Å². The molecule has 0 radical (unpaired) electrons.